The number of anilines is 1. The van der Waals surface area contributed by atoms with Crippen LogP contribution in [-0.4, -0.2) is 4.98 Å². The van der Waals surface area contributed by atoms with Crippen molar-refractivity contribution in [3.63, 3.8) is 0 Å². The third-order valence-electron chi connectivity index (χ3n) is 2.55. The van der Waals surface area contributed by atoms with Crippen LogP contribution in [0.15, 0.2) is 36.5 Å². The Morgan fingerprint density at radius 2 is 1.87 bits per heavy atom. The number of rotatable bonds is 1. The third-order valence-corrected chi connectivity index (χ3v) is 2.55. The largest absolute Gasteiger partial charge is 0.398 e. The lowest BCUT2D eigenvalue weighted by Gasteiger charge is -2.07. The lowest BCUT2D eigenvalue weighted by molar-refractivity contribution is 1.20. The molecule has 0 unspecified atom stereocenters. The van der Waals surface area contributed by atoms with Gasteiger partial charge in [-0.05, 0) is 25.5 Å². The fraction of sp³-hybridized carbons (Fsp3) is 0.154. The summed E-state index contributed by atoms with van der Waals surface area (Å²) in [6.07, 6.45) is 1.86. The second kappa shape index (κ2) is 3.73. The summed E-state index contributed by atoms with van der Waals surface area (Å²) in [6, 6.07) is 10.1. The van der Waals surface area contributed by atoms with Crippen LogP contribution in [0.4, 0.5) is 5.69 Å². The van der Waals surface area contributed by atoms with Gasteiger partial charge in [-0.1, -0.05) is 24.3 Å². The zero-order valence-electron chi connectivity index (χ0n) is 8.99. The van der Waals surface area contributed by atoms with E-state index in [1.807, 2.05) is 50.4 Å². The van der Waals surface area contributed by atoms with Crippen LogP contribution in [0.5, 0.6) is 0 Å². The van der Waals surface area contributed by atoms with Crippen LogP contribution >= 0.6 is 0 Å². The first-order valence-electron chi connectivity index (χ1n) is 4.96. The van der Waals surface area contributed by atoms with E-state index in [2.05, 4.69) is 4.98 Å². The van der Waals surface area contributed by atoms with Gasteiger partial charge in [0.15, 0.2) is 0 Å². The quantitative estimate of drug-likeness (QED) is 0.715. The fourth-order valence-corrected chi connectivity index (χ4v) is 1.56. The minimum atomic E-state index is 0.836. The Bertz CT molecular complexity index is 472. The normalized spacial score (nSPS) is 10.3. The summed E-state index contributed by atoms with van der Waals surface area (Å²) >= 11 is 0. The number of aryl methyl sites for hydroxylation is 2. The molecule has 0 bridgehead atoms. The maximum absolute atomic E-state index is 6.02. The summed E-state index contributed by atoms with van der Waals surface area (Å²) in [4.78, 5) is 4.27. The molecular formula is C13H14N2. The number of hydrogen-bond acceptors (Lipinski definition) is 2. The van der Waals surface area contributed by atoms with Gasteiger partial charge in [0, 0.05) is 28.7 Å². The first-order chi connectivity index (χ1) is 7.18. The van der Waals surface area contributed by atoms with Crippen LogP contribution in [0, 0.1) is 13.8 Å². The molecular weight excluding hydrogens is 184 g/mol. The van der Waals surface area contributed by atoms with Crippen LogP contribution in [0.3, 0.4) is 0 Å². The van der Waals surface area contributed by atoms with Crippen molar-refractivity contribution < 1.29 is 0 Å². The molecule has 0 atom stereocenters. The molecule has 1 aromatic heterocycles. The van der Waals surface area contributed by atoms with E-state index in [-0.39, 0.29) is 0 Å². The van der Waals surface area contributed by atoms with Crippen molar-refractivity contribution >= 4 is 5.69 Å². The molecule has 0 radical (unpaired) electrons. The van der Waals surface area contributed by atoms with Crippen LogP contribution in [0.2, 0.25) is 0 Å². The molecule has 2 rings (SSSR count). The summed E-state index contributed by atoms with van der Waals surface area (Å²) in [5.74, 6) is 0. The first-order valence-corrected chi connectivity index (χ1v) is 4.96. The maximum atomic E-state index is 6.02. The van der Waals surface area contributed by atoms with Gasteiger partial charge in [-0.3, -0.25) is 4.98 Å². The molecule has 0 spiro atoms. The van der Waals surface area contributed by atoms with E-state index in [1.165, 1.54) is 0 Å². The highest BCUT2D eigenvalue weighted by molar-refractivity contribution is 5.77. The monoisotopic (exact) mass is 198 g/mol. The number of nitrogen functional groups attached to an aromatic ring is 1. The molecule has 15 heavy (non-hydrogen) atoms. The van der Waals surface area contributed by atoms with Crippen molar-refractivity contribution in [3.05, 3.63) is 47.8 Å². The number of pyridine rings is 1. The Balaban J connectivity index is 2.54. The summed E-state index contributed by atoms with van der Waals surface area (Å²) in [6.45, 7) is 3.99. The minimum Gasteiger partial charge on any atom is -0.398 e. The van der Waals surface area contributed by atoms with Crippen molar-refractivity contribution in [3.8, 4) is 11.1 Å². The average molecular weight is 198 g/mol. The second-order valence-corrected chi connectivity index (χ2v) is 3.72. The van der Waals surface area contributed by atoms with E-state index < -0.39 is 0 Å². The highest BCUT2D eigenvalue weighted by atomic mass is 14.7. The van der Waals surface area contributed by atoms with Crippen molar-refractivity contribution in [2.45, 2.75) is 13.8 Å². The van der Waals surface area contributed by atoms with Gasteiger partial charge < -0.3 is 5.73 Å². The number of hydrogen-bond donors (Lipinski definition) is 1. The van der Waals surface area contributed by atoms with Gasteiger partial charge in [-0.25, -0.2) is 0 Å². The Labute approximate surface area is 89.8 Å². The lowest BCUT2D eigenvalue weighted by atomic mass is 10.0. The molecule has 2 heteroatoms. The number of aromatic nitrogens is 1. The Morgan fingerprint density at radius 1 is 1.07 bits per heavy atom. The smallest absolute Gasteiger partial charge is 0.0423 e. The minimum absolute atomic E-state index is 0.836. The molecule has 1 heterocycles. The van der Waals surface area contributed by atoms with Gasteiger partial charge in [-0.15, -0.1) is 0 Å². The molecule has 0 aliphatic carbocycles. The van der Waals surface area contributed by atoms with Gasteiger partial charge in [0.05, 0.1) is 0 Å². The number of benzene rings is 1. The molecule has 2 nitrogen and oxygen atoms in total. The van der Waals surface area contributed by atoms with Gasteiger partial charge in [0.25, 0.3) is 0 Å². The van der Waals surface area contributed by atoms with Crippen molar-refractivity contribution in [2.24, 2.45) is 0 Å². The van der Waals surface area contributed by atoms with Crippen molar-refractivity contribution in [1.82, 2.24) is 4.98 Å². The summed E-state index contributed by atoms with van der Waals surface area (Å²) in [7, 11) is 0. The van der Waals surface area contributed by atoms with E-state index >= 15 is 0 Å². The second-order valence-electron chi connectivity index (χ2n) is 3.72. The van der Waals surface area contributed by atoms with Crippen molar-refractivity contribution in [1.29, 1.82) is 0 Å². The van der Waals surface area contributed by atoms with Gasteiger partial charge in [0.1, 0.15) is 0 Å². The zero-order valence-corrected chi connectivity index (χ0v) is 8.99. The molecule has 0 saturated carbocycles. The number of nitrogens with two attached hydrogens (primary N) is 1. The summed E-state index contributed by atoms with van der Waals surface area (Å²) in [5, 5.41) is 0. The fourth-order valence-electron chi connectivity index (χ4n) is 1.56. The standard InChI is InChI=1S/C13H14N2/c1-9-4-3-5-12(13(9)14)11-7-6-10(2)15-8-11/h3-8H,14H2,1-2H3. The highest BCUT2D eigenvalue weighted by Crippen LogP contribution is 2.27. The molecule has 76 valence electrons. The molecule has 0 aliphatic heterocycles. The first kappa shape index (κ1) is 9.71. The SMILES string of the molecule is Cc1ccc(-c2cccc(C)c2N)cn1. The third kappa shape index (κ3) is 1.84. The van der Waals surface area contributed by atoms with E-state index in [9.17, 15) is 0 Å². The van der Waals surface area contributed by atoms with E-state index in [1.54, 1.807) is 0 Å². The highest BCUT2D eigenvalue weighted by Gasteiger charge is 2.03. The molecule has 0 fully saturated rings. The number of nitrogens with zero attached hydrogens (tertiary/aromatic N) is 1. The Hall–Kier alpha value is -1.83. The van der Waals surface area contributed by atoms with Crippen LogP contribution in [0.25, 0.3) is 11.1 Å². The predicted molar refractivity (Wildman–Crippen MR) is 63.6 cm³/mol. The zero-order chi connectivity index (χ0) is 10.8. The Kier molecular flexibility index (Phi) is 2.42. The summed E-state index contributed by atoms with van der Waals surface area (Å²) in [5.41, 5.74) is 11.1. The average Bonchev–Trinajstić information content (AvgIpc) is 2.24. The topological polar surface area (TPSA) is 38.9 Å². The molecule has 2 aromatic rings. The molecule has 0 saturated heterocycles. The summed E-state index contributed by atoms with van der Waals surface area (Å²) < 4.78 is 0. The number of para-hydroxylation sites is 1. The molecule has 1 aromatic carbocycles. The van der Waals surface area contributed by atoms with Crippen LogP contribution in [0.1, 0.15) is 11.3 Å². The van der Waals surface area contributed by atoms with Gasteiger partial charge in [-0.2, -0.15) is 0 Å². The van der Waals surface area contributed by atoms with Gasteiger partial charge in [0.2, 0.25) is 0 Å². The molecule has 0 amide bonds. The predicted octanol–water partition coefficient (Wildman–Crippen LogP) is 2.95. The van der Waals surface area contributed by atoms with E-state index in [0.29, 0.717) is 0 Å². The maximum Gasteiger partial charge on any atom is 0.0423 e. The Morgan fingerprint density at radius 3 is 2.53 bits per heavy atom. The lowest BCUT2D eigenvalue weighted by Crippen LogP contribution is -1.93. The van der Waals surface area contributed by atoms with Crippen LogP contribution in [-0.2, 0) is 0 Å². The molecule has 0 aliphatic rings. The molecule has 2 N–H and O–H groups in total. The van der Waals surface area contributed by atoms with Gasteiger partial charge >= 0.3 is 0 Å². The van der Waals surface area contributed by atoms with E-state index in [4.69, 9.17) is 5.73 Å². The van der Waals surface area contributed by atoms with Crippen molar-refractivity contribution in [2.75, 3.05) is 5.73 Å². The van der Waals surface area contributed by atoms with E-state index in [0.717, 1.165) is 28.1 Å². The van der Waals surface area contributed by atoms with Crippen LogP contribution < -0.4 is 5.73 Å².